The van der Waals surface area contributed by atoms with E-state index in [1.165, 1.54) is 23.9 Å². The van der Waals surface area contributed by atoms with Crippen LogP contribution in [0.2, 0.25) is 0 Å². The van der Waals surface area contributed by atoms with Gasteiger partial charge in [0.15, 0.2) is 9.84 Å². The molecule has 6 nitrogen and oxygen atoms in total. The summed E-state index contributed by atoms with van der Waals surface area (Å²) in [5.74, 6) is -0.129. The molecule has 1 aliphatic heterocycles. The van der Waals surface area contributed by atoms with Gasteiger partial charge < -0.3 is 10.6 Å². The van der Waals surface area contributed by atoms with Gasteiger partial charge in [0.25, 0.3) is 0 Å². The van der Waals surface area contributed by atoms with E-state index in [9.17, 15) is 18.0 Å². The number of thioether (sulfide) groups is 1. The predicted octanol–water partition coefficient (Wildman–Crippen LogP) is 3.54. The lowest BCUT2D eigenvalue weighted by Crippen LogP contribution is -2.18. The van der Waals surface area contributed by atoms with E-state index in [1.807, 2.05) is 32.0 Å². The summed E-state index contributed by atoms with van der Waals surface area (Å²) in [4.78, 5) is 24.9. The zero-order valence-electron chi connectivity index (χ0n) is 15.7. The fourth-order valence-electron chi connectivity index (χ4n) is 2.90. The third kappa shape index (κ3) is 4.94. The lowest BCUT2D eigenvalue weighted by Gasteiger charge is -2.11. The Morgan fingerprint density at radius 1 is 1.18 bits per heavy atom. The first-order valence-electron chi connectivity index (χ1n) is 8.91. The lowest BCUT2D eigenvalue weighted by atomic mass is 10.1. The number of anilines is 2. The van der Waals surface area contributed by atoms with Crippen molar-refractivity contribution in [3.8, 4) is 0 Å². The van der Waals surface area contributed by atoms with Gasteiger partial charge in [0, 0.05) is 29.2 Å². The van der Waals surface area contributed by atoms with Crippen LogP contribution in [0.5, 0.6) is 0 Å². The van der Waals surface area contributed by atoms with Gasteiger partial charge in [-0.15, -0.1) is 11.8 Å². The molecule has 0 aliphatic carbocycles. The molecule has 0 spiro atoms. The van der Waals surface area contributed by atoms with E-state index in [2.05, 4.69) is 10.6 Å². The highest BCUT2D eigenvalue weighted by atomic mass is 32.2. The van der Waals surface area contributed by atoms with E-state index in [4.69, 9.17) is 0 Å². The molecular formula is C20H22N2O4S2. The second-order valence-corrected chi connectivity index (χ2v) is 9.99. The number of carbonyl (C=O) groups is 2. The number of benzene rings is 2. The molecule has 2 aromatic rings. The zero-order valence-corrected chi connectivity index (χ0v) is 17.4. The highest BCUT2D eigenvalue weighted by molar-refractivity contribution is 7.99. The number of hydrogen-bond acceptors (Lipinski definition) is 5. The van der Waals surface area contributed by atoms with Crippen molar-refractivity contribution < 1.29 is 18.0 Å². The number of amides is 2. The van der Waals surface area contributed by atoms with Crippen LogP contribution in [-0.2, 0) is 19.4 Å². The summed E-state index contributed by atoms with van der Waals surface area (Å²) in [6, 6.07) is 10.4. The summed E-state index contributed by atoms with van der Waals surface area (Å²) in [6.07, 6.45) is 0.244. The summed E-state index contributed by atoms with van der Waals surface area (Å²) in [5.41, 5.74) is 3.20. The molecule has 2 amide bonds. The van der Waals surface area contributed by atoms with Crippen LogP contribution in [-0.4, -0.2) is 31.7 Å². The largest absolute Gasteiger partial charge is 0.326 e. The monoisotopic (exact) mass is 418 g/mol. The Bertz CT molecular complexity index is 1030. The van der Waals surface area contributed by atoms with Crippen LogP contribution in [0.15, 0.2) is 46.2 Å². The summed E-state index contributed by atoms with van der Waals surface area (Å²) >= 11 is 1.51. The number of aryl methyl sites for hydroxylation is 2. The molecule has 148 valence electrons. The molecule has 2 aromatic carbocycles. The third-order valence-corrected chi connectivity index (χ3v) is 7.21. The van der Waals surface area contributed by atoms with Crippen molar-refractivity contribution in [2.75, 3.05) is 22.1 Å². The lowest BCUT2D eigenvalue weighted by molar-refractivity contribution is -0.116. The molecule has 1 heterocycles. The molecule has 0 radical (unpaired) electrons. The summed E-state index contributed by atoms with van der Waals surface area (Å²) in [5, 5.41) is 5.50. The van der Waals surface area contributed by atoms with Crippen LogP contribution >= 0.6 is 11.8 Å². The molecule has 0 unspecified atom stereocenters. The van der Waals surface area contributed by atoms with Gasteiger partial charge in [0.2, 0.25) is 11.8 Å². The Balaban J connectivity index is 1.68. The van der Waals surface area contributed by atoms with Crippen LogP contribution < -0.4 is 10.6 Å². The van der Waals surface area contributed by atoms with E-state index in [0.29, 0.717) is 23.5 Å². The molecule has 0 bridgehead atoms. The molecule has 2 N–H and O–H groups in total. The maximum absolute atomic E-state index is 12.7. The van der Waals surface area contributed by atoms with Crippen LogP contribution in [0.4, 0.5) is 11.4 Å². The van der Waals surface area contributed by atoms with Crippen molar-refractivity contribution in [3.63, 3.8) is 0 Å². The van der Waals surface area contributed by atoms with Gasteiger partial charge in [-0.2, -0.15) is 0 Å². The van der Waals surface area contributed by atoms with Crippen molar-refractivity contribution in [2.45, 2.75) is 36.5 Å². The van der Waals surface area contributed by atoms with E-state index in [-0.39, 0.29) is 28.9 Å². The van der Waals surface area contributed by atoms with Crippen molar-refractivity contribution in [1.29, 1.82) is 0 Å². The number of nitrogens with one attached hydrogen (secondary N) is 2. The maximum Gasteiger partial charge on any atom is 0.225 e. The van der Waals surface area contributed by atoms with E-state index in [0.717, 1.165) is 16.0 Å². The molecule has 0 aromatic heterocycles. The van der Waals surface area contributed by atoms with Gasteiger partial charge in [-0.25, -0.2) is 8.42 Å². The first-order chi connectivity index (χ1) is 13.2. The molecule has 8 heteroatoms. The van der Waals surface area contributed by atoms with E-state index >= 15 is 0 Å². The first-order valence-corrected chi connectivity index (χ1v) is 11.5. The highest BCUT2D eigenvalue weighted by Crippen LogP contribution is 2.33. The maximum atomic E-state index is 12.7. The minimum atomic E-state index is -3.65. The smallest absolute Gasteiger partial charge is 0.225 e. The van der Waals surface area contributed by atoms with Gasteiger partial charge in [-0.1, -0.05) is 17.7 Å². The number of sulfone groups is 1. The van der Waals surface area contributed by atoms with Crippen molar-refractivity contribution in [1.82, 2.24) is 0 Å². The normalized spacial score (nSPS) is 14.0. The van der Waals surface area contributed by atoms with E-state index < -0.39 is 9.84 Å². The molecule has 1 aliphatic rings. The fourth-order valence-corrected chi connectivity index (χ4v) is 5.10. The standard InChI is InChI=1S/C20H22N2O4S2/c1-13-3-5-16(14(2)11-13)21-20(24)8-10-28(25,26)15-4-6-18-17(12-15)22-19(23)7-9-27-18/h3-6,11-12H,7-10H2,1-2H3,(H,21,24)(H,22,23). The molecule has 0 fully saturated rings. The van der Waals surface area contributed by atoms with Crippen LogP contribution in [0, 0.1) is 13.8 Å². The summed E-state index contributed by atoms with van der Waals surface area (Å²) < 4.78 is 25.3. The van der Waals surface area contributed by atoms with Crippen molar-refractivity contribution >= 4 is 44.8 Å². The molecule has 0 atom stereocenters. The van der Waals surface area contributed by atoms with Crippen LogP contribution in [0.3, 0.4) is 0 Å². The quantitative estimate of drug-likeness (QED) is 0.775. The number of hydrogen-bond donors (Lipinski definition) is 2. The topological polar surface area (TPSA) is 92.3 Å². The van der Waals surface area contributed by atoms with Gasteiger partial charge in [-0.3, -0.25) is 9.59 Å². The van der Waals surface area contributed by atoms with Crippen molar-refractivity contribution in [3.05, 3.63) is 47.5 Å². The minimum Gasteiger partial charge on any atom is -0.326 e. The molecule has 0 saturated heterocycles. The summed E-state index contributed by atoms with van der Waals surface area (Å²) in [7, 11) is -3.65. The van der Waals surface area contributed by atoms with Crippen molar-refractivity contribution in [2.24, 2.45) is 0 Å². The van der Waals surface area contributed by atoms with Crippen LogP contribution in [0.25, 0.3) is 0 Å². The third-order valence-electron chi connectivity index (χ3n) is 4.42. The number of carbonyl (C=O) groups excluding carboxylic acids is 2. The molecule has 0 saturated carbocycles. The average molecular weight is 419 g/mol. The van der Waals surface area contributed by atoms with Gasteiger partial charge >= 0.3 is 0 Å². The molecule has 28 heavy (non-hydrogen) atoms. The number of fused-ring (bicyclic) bond motifs is 1. The highest BCUT2D eigenvalue weighted by Gasteiger charge is 2.20. The Morgan fingerprint density at radius 2 is 1.96 bits per heavy atom. The molecule has 3 rings (SSSR count). The second-order valence-electron chi connectivity index (χ2n) is 6.74. The van der Waals surface area contributed by atoms with Gasteiger partial charge in [-0.05, 0) is 43.7 Å². The Kier molecular flexibility index (Phi) is 6.10. The Labute approximate surface area is 169 Å². The minimum absolute atomic E-state index is 0.105. The Hall–Kier alpha value is -2.32. The first kappa shape index (κ1) is 20.4. The fraction of sp³-hybridized carbons (Fsp3) is 0.300. The Morgan fingerprint density at radius 3 is 2.71 bits per heavy atom. The van der Waals surface area contributed by atoms with Gasteiger partial charge in [0.05, 0.1) is 16.3 Å². The SMILES string of the molecule is Cc1ccc(NC(=O)CCS(=O)(=O)c2ccc3c(c2)NC(=O)CCS3)c(C)c1. The van der Waals surface area contributed by atoms with E-state index in [1.54, 1.807) is 6.07 Å². The molecular weight excluding hydrogens is 396 g/mol. The summed E-state index contributed by atoms with van der Waals surface area (Å²) in [6.45, 7) is 3.86. The van der Waals surface area contributed by atoms with Gasteiger partial charge in [0.1, 0.15) is 0 Å². The zero-order chi connectivity index (χ0) is 20.3. The number of rotatable bonds is 5. The van der Waals surface area contributed by atoms with Crippen LogP contribution in [0.1, 0.15) is 24.0 Å². The second kappa shape index (κ2) is 8.36. The predicted molar refractivity (Wildman–Crippen MR) is 112 cm³/mol. The average Bonchev–Trinajstić information content (AvgIpc) is 2.82.